The van der Waals surface area contributed by atoms with Crippen LogP contribution in [0.15, 0.2) is 69.1 Å². The predicted octanol–water partition coefficient (Wildman–Crippen LogP) is 4.08. The largest absolute Gasteiger partial charge is 0.272 e. The lowest BCUT2D eigenvalue weighted by atomic mass is 10.2. The van der Waals surface area contributed by atoms with E-state index >= 15 is 0 Å². The van der Waals surface area contributed by atoms with Crippen LogP contribution in [0.4, 0.5) is 0 Å². The van der Waals surface area contributed by atoms with Gasteiger partial charge < -0.3 is 0 Å². The summed E-state index contributed by atoms with van der Waals surface area (Å²) in [5.74, 6) is -0.116. The molecule has 1 atom stereocenters. The highest BCUT2D eigenvalue weighted by Gasteiger charge is 2.13. The lowest BCUT2D eigenvalue weighted by Crippen LogP contribution is -2.26. The number of hydrogen-bond donors (Lipinski definition) is 1. The summed E-state index contributed by atoms with van der Waals surface area (Å²) in [5.41, 5.74) is 3.49. The Bertz CT molecular complexity index is 631. The summed E-state index contributed by atoms with van der Waals surface area (Å²) in [6.45, 7) is 1.86. The van der Waals surface area contributed by atoms with Crippen LogP contribution in [0.1, 0.15) is 12.5 Å². The topological polar surface area (TPSA) is 41.5 Å². The Kier molecular flexibility index (Phi) is 6.02. The molecule has 0 aliphatic carbocycles. The molecule has 1 N–H and O–H groups in total. The molecule has 0 aromatic heterocycles. The Morgan fingerprint density at radius 3 is 2.71 bits per heavy atom. The first-order chi connectivity index (χ1) is 10.1. The van der Waals surface area contributed by atoms with Crippen LogP contribution < -0.4 is 5.43 Å². The van der Waals surface area contributed by atoms with Gasteiger partial charge in [0.25, 0.3) is 5.91 Å². The fourth-order valence-corrected chi connectivity index (χ4v) is 2.90. The minimum atomic E-state index is -0.202. The van der Waals surface area contributed by atoms with Gasteiger partial charge in [-0.1, -0.05) is 46.3 Å². The van der Waals surface area contributed by atoms with Crippen molar-refractivity contribution in [2.75, 3.05) is 0 Å². The summed E-state index contributed by atoms with van der Waals surface area (Å²) in [6, 6.07) is 17.5. The number of nitrogens with one attached hydrogen (secondary N) is 1. The van der Waals surface area contributed by atoms with Gasteiger partial charge in [0.15, 0.2) is 0 Å². The molecule has 0 saturated heterocycles. The molecule has 0 saturated carbocycles. The minimum absolute atomic E-state index is 0.116. The lowest BCUT2D eigenvalue weighted by Gasteiger charge is -2.08. The van der Waals surface area contributed by atoms with E-state index in [0.717, 1.165) is 14.9 Å². The van der Waals surface area contributed by atoms with E-state index in [-0.39, 0.29) is 11.2 Å². The van der Waals surface area contributed by atoms with Crippen LogP contribution in [0.2, 0.25) is 0 Å². The van der Waals surface area contributed by atoms with Crippen LogP contribution in [0.3, 0.4) is 0 Å². The molecular weight excluding hydrogens is 348 g/mol. The molecule has 0 heterocycles. The first-order valence-electron chi connectivity index (χ1n) is 6.45. The molecule has 2 aromatic rings. The fourth-order valence-electron chi connectivity index (χ4n) is 1.60. The molecule has 0 unspecified atom stereocenters. The van der Waals surface area contributed by atoms with Gasteiger partial charge in [0.1, 0.15) is 0 Å². The standard InChI is InChI=1S/C16H15BrN2OS/c1-12(21-15-8-3-2-4-9-15)16(20)19-18-11-13-6-5-7-14(17)10-13/h2-12H,1H3,(H,19,20)/b18-11-/t12-/m0/s1. The monoisotopic (exact) mass is 362 g/mol. The number of carbonyl (C=O) groups is 1. The quantitative estimate of drug-likeness (QED) is 0.494. The minimum Gasteiger partial charge on any atom is -0.272 e. The SMILES string of the molecule is C[C@H](Sc1ccccc1)C(=O)N/N=C\c1cccc(Br)c1. The summed E-state index contributed by atoms with van der Waals surface area (Å²) >= 11 is 4.90. The van der Waals surface area contributed by atoms with Crippen molar-refractivity contribution < 1.29 is 4.79 Å². The Balaban J connectivity index is 1.86. The molecule has 21 heavy (non-hydrogen) atoms. The number of rotatable bonds is 5. The molecule has 0 bridgehead atoms. The van der Waals surface area contributed by atoms with Crippen LogP contribution >= 0.6 is 27.7 Å². The number of benzene rings is 2. The van der Waals surface area contributed by atoms with Gasteiger partial charge in [-0.05, 0) is 36.8 Å². The van der Waals surface area contributed by atoms with Gasteiger partial charge in [0.05, 0.1) is 11.5 Å². The van der Waals surface area contributed by atoms with E-state index in [1.807, 2.05) is 61.5 Å². The van der Waals surface area contributed by atoms with Crippen molar-refractivity contribution in [2.24, 2.45) is 5.10 Å². The van der Waals surface area contributed by atoms with Gasteiger partial charge in [-0.15, -0.1) is 11.8 Å². The maximum absolute atomic E-state index is 11.9. The number of nitrogens with zero attached hydrogens (tertiary/aromatic N) is 1. The van der Waals surface area contributed by atoms with Crippen molar-refractivity contribution in [1.29, 1.82) is 0 Å². The van der Waals surface area contributed by atoms with Crippen molar-refractivity contribution in [1.82, 2.24) is 5.43 Å². The van der Waals surface area contributed by atoms with Crippen LogP contribution in [-0.4, -0.2) is 17.4 Å². The zero-order valence-corrected chi connectivity index (χ0v) is 13.9. The Morgan fingerprint density at radius 1 is 1.24 bits per heavy atom. The van der Waals surface area contributed by atoms with Crippen LogP contribution in [0.5, 0.6) is 0 Å². The van der Waals surface area contributed by atoms with Crippen molar-refractivity contribution in [2.45, 2.75) is 17.1 Å². The highest BCUT2D eigenvalue weighted by molar-refractivity contribution is 9.10. The second-order valence-corrected chi connectivity index (χ2v) is 6.69. The van der Waals surface area contributed by atoms with E-state index in [9.17, 15) is 4.79 Å². The smallest absolute Gasteiger partial charge is 0.253 e. The Hall–Kier alpha value is -1.59. The van der Waals surface area contributed by atoms with Gasteiger partial charge in [-0.25, -0.2) is 5.43 Å². The number of thioether (sulfide) groups is 1. The first kappa shape index (κ1) is 15.8. The van der Waals surface area contributed by atoms with Gasteiger partial charge in [-0.2, -0.15) is 5.10 Å². The molecule has 3 nitrogen and oxygen atoms in total. The number of halogens is 1. The zero-order chi connectivity index (χ0) is 15.1. The van der Waals surface area contributed by atoms with Gasteiger partial charge in [-0.3, -0.25) is 4.79 Å². The van der Waals surface area contributed by atoms with E-state index in [0.29, 0.717) is 0 Å². The van der Waals surface area contributed by atoms with E-state index in [1.54, 1.807) is 6.21 Å². The number of hydrazone groups is 1. The predicted molar refractivity (Wildman–Crippen MR) is 91.6 cm³/mol. The van der Waals surface area contributed by atoms with E-state index in [1.165, 1.54) is 11.8 Å². The molecule has 2 aromatic carbocycles. The summed E-state index contributed by atoms with van der Waals surface area (Å²) in [6.07, 6.45) is 1.63. The molecule has 0 spiro atoms. The summed E-state index contributed by atoms with van der Waals surface area (Å²) in [7, 11) is 0. The average Bonchev–Trinajstić information content (AvgIpc) is 2.48. The molecular formula is C16H15BrN2OS. The van der Waals surface area contributed by atoms with Crippen LogP contribution in [0, 0.1) is 0 Å². The van der Waals surface area contributed by atoms with E-state index in [4.69, 9.17) is 0 Å². The Labute approximate surface area is 137 Å². The maximum Gasteiger partial charge on any atom is 0.253 e. The second-order valence-electron chi connectivity index (χ2n) is 4.36. The summed E-state index contributed by atoms with van der Waals surface area (Å²) in [4.78, 5) is 13.0. The van der Waals surface area contributed by atoms with E-state index < -0.39 is 0 Å². The second kappa shape index (κ2) is 8.00. The third-order valence-electron chi connectivity index (χ3n) is 2.66. The third kappa shape index (κ3) is 5.36. The molecule has 0 aliphatic rings. The normalized spacial score (nSPS) is 12.3. The third-order valence-corrected chi connectivity index (χ3v) is 4.27. The Morgan fingerprint density at radius 2 is 2.00 bits per heavy atom. The van der Waals surface area contributed by atoms with Crippen molar-refractivity contribution in [3.05, 3.63) is 64.6 Å². The van der Waals surface area contributed by atoms with Crippen molar-refractivity contribution in [3.8, 4) is 0 Å². The highest BCUT2D eigenvalue weighted by atomic mass is 79.9. The summed E-state index contributed by atoms with van der Waals surface area (Å²) in [5, 5.41) is 3.78. The van der Waals surface area contributed by atoms with Crippen molar-refractivity contribution in [3.63, 3.8) is 0 Å². The van der Waals surface area contributed by atoms with Crippen LogP contribution in [-0.2, 0) is 4.79 Å². The lowest BCUT2D eigenvalue weighted by molar-refractivity contribution is -0.120. The maximum atomic E-state index is 11.9. The fraction of sp³-hybridized carbons (Fsp3) is 0.125. The first-order valence-corrected chi connectivity index (χ1v) is 8.12. The van der Waals surface area contributed by atoms with Crippen LogP contribution in [0.25, 0.3) is 0 Å². The number of amides is 1. The van der Waals surface area contributed by atoms with Gasteiger partial charge in [0.2, 0.25) is 0 Å². The number of carbonyl (C=O) groups excluding carboxylic acids is 1. The zero-order valence-electron chi connectivity index (χ0n) is 11.5. The van der Waals surface area contributed by atoms with Crippen molar-refractivity contribution >= 4 is 39.8 Å². The van der Waals surface area contributed by atoms with Gasteiger partial charge >= 0.3 is 0 Å². The van der Waals surface area contributed by atoms with E-state index in [2.05, 4.69) is 26.5 Å². The molecule has 1 amide bonds. The summed E-state index contributed by atoms with van der Waals surface area (Å²) < 4.78 is 0.978. The van der Waals surface area contributed by atoms with Gasteiger partial charge in [0, 0.05) is 9.37 Å². The molecule has 108 valence electrons. The average molecular weight is 363 g/mol. The molecule has 0 radical (unpaired) electrons. The molecule has 2 rings (SSSR count). The number of hydrogen-bond acceptors (Lipinski definition) is 3. The highest BCUT2D eigenvalue weighted by Crippen LogP contribution is 2.22. The molecule has 0 aliphatic heterocycles. The molecule has 5 heteroatoms. The molecule has 0 fully saturated rings.